The van der Waals surface area contributed by atoms with Gasteiger partial charge in [-0.2, -0.15) is 0 Å². The summed E-state index contributed by atoms with van der Waals surface area (Å²) in [6.07, 6.45) is -8.06. The third-order valence-corrected chi connectivity index (χ3v) is 5.60. The van der Waals surface area contributed by atoms with Crippen molar-refractivity contribution < 1.29 is 54.4 Å². The minimum Gasteiger partial charge on any atom is -0.472 e. The van der Waals surface area contributed by atoms with Gasteiger partial charge in [-0.1, -0.05) is 0 Å². The van der Waals surface area contributed by atoms with Gasteiger partial charge in [-0.15, -0.1) is 0 Å². The van der Waals surface area contributed by atoms with E-state index in [2.05, 4.69) is 0 Å². The topological polar surface area (TPSA) is 175 Å². The van der Waals surface area contributed by atoms with Crippen LogP contribution in [0.4, 0.5) is 0 Å². The zero-order chi connectivity index (χ0) is 20.9. The van der Waals surface area contributed by atoms with Crippen LogP contribution in [0.25, 0.3) is 0 Å². The van der Waals surface area contributed by atoms with Crippen LogP contribution >= 0.6 is 0 Å². The molecule has 0 aromatic carbocycles. The zero-order valence-electron chi connectivity index (χ0n) is 15.4. The number of rotatable bonds is 4. The van der Waals surface area contributed by atoms with E-state index in [4.69, 9.17) is 18.9 Å². The van der Waals surface area contributed by atoms with E-state index in [0.717, 1.165) is 6.26 Å². The summed E-state index contributed by atoms with van der Waals surface area (Å²) < 4.78 is 21.7. The normalized spacial score (nSPS) is 50.7. The molecular weight excluding hydrogens is 380 g/mol. The lowest BCUT2D eigenvalue weighted by Crippen LogP contribution is -2.62. The van der Waals surface area contributed by atoms with E-state index in [1.165, 1.54) is 19.9 Å². The van der Waals surface area contributed by atoms with E-state index in [1.54, 1.807) is 0 Å². The first-order valence-corrected chi connectivity index (χ1v) is 8.92. The predicted molar refractivity (Wildman–Crippen MR) is 88.1 cm³/mol. The molecule has 0 aromatic heterocycles. The van der Waals surface area contributed by atoms with Crippen molar-refractivity contribution in [3.8, 4) is 0 Å². The number of carbonyl (C=O) groups is 1. The number of hydrogen-bond acceptors (Lipinski definition) is 11. The highest BCUT2D eigenvalue weighted by Gasteiger charge is 2.66. The van der Waals surface area contributed by atoms with Gasteiger partial charge in [-0.05, 0) is 13.0 Å². The molecule has 2 heterocycles. The number of ether oxygens (including phenoxy) is 4. The molecule has 0 unspecified atom stereocenters. The number of fused-ring (bicyclic) bond motifs is 1. The second-order valence-corrected chi connectivity index (χ2v) is 7.63. The lowest BCUT2D eigenvalue weighted by molar-refractivity contribution is -0.351. The molecule has 3 aliphatic rings. The van der Waals surface area contributed by atoms with E-state index < -0.39 is 72.8 Å². The fourth-order valence-corrected chi connectivity index (χ4v) is 4.25. The molecule has 11 nitrogen and oxygen atoms in total. The van der Waals surface area contributed by atoms with Crippen molar-refractivity contribution >= 4 is 5.97 Å². The van der Waals surface area contributed by atoms with Crippen molar-refractivity contribution in [3.63, 3.8) is 0 Å². The molecule has 0 aromatic rings. The lowest BCUT2D eigenvalue weighted by Gasteiger charge is -2.45. The summed E-state index contributed by atoms with van der Waals surface area (Å²) in [5.74, 6) is -1.74. The molecule has 10 atom stereocenters. The minimum absolute atomic E-state index is 0.101. The molecule has 11 heteroatoms. The number of aliphatic hydroxyl groups excluding tert-OH is 5. The molecule has 1 saturated carbocycles. The second kappa shape index (κ2) is 7.50. The molecule has 0 radical (unpaired) electrons. The molecule has 2 aliphatic heterocycles. The Balaban J connectivity index is 1.87. The molecule has 1 saturated heterocycles. The number of hydrogen-bond donors (Lipinski definition) is 6. The van der Waals surface area contributed by atoms with Crippen LogP contribution in [-0.4, -0.2) is 97.5 Å². The van der Waals surface area contributed by atoms with Crippen LogP contribution in [0.2, 0.25) is 0 Å². The smallest absolute Gasteiger partial charge is 0.303 e. The first-order chi connectivity index (χ1) is 13.0. The summed E-state index contributed by atoms with van der Waals surface area (Å²) >= 11 is 0. The second-order valence-electron chi connectivity index (χ2n) is 7.63. The average molecular weight is 406 g/mol. The van der Waals surface area contributed by atoms with Gasteiger partial charge in [0.15, 0.2) is 6.29 Å². The average Bonchev–Trinajstić information content (AvgIpc) is 2.81. The molecular formula is C17H26O11. The lowest BCUT2D eigenvalue weighted by atomic mass is 9.81. The van der Waals surface area contributed by atoms with Crippen LogP contribution in [-0.2, 0) is 23.7 Å². The van der Waals surface area contributed by atoms with E-state index in [9.17, 15) is 35.4 Å². The number of esters is 1. The van der Waals surface area contributed by atoms with Crippen LogP contribution in [0.15, 0.2) is 12.3 Å². The first kappa shape index (κ1) is 21.4. The molecule has 28 heavy (non-hydrogen) atoms. The van der Waals surface area contributed by atoms with Crippen molar-refractivity contribution in [2.75, 3.05) is 6.61 Å². The molecule has 1 aliphatic carbocycles. The van der Waals surface area contributed by atoms with Crippen LogP contribution < -0.4 is 0 Å². The Morgan fingerprint density at radius 3 is 2.46 bits per heavy atom. The summed E-state index contributed by atoms with van der Waals surface area (Å²) in [5.41, 5.74) is -3.22. The van der Waals surface area contributed by atoms with Gasteiger partial charge in [0.1, 0.15) is 35.6 Å². The Morgan fingerprint density at radius 1 is 1.18 bits per heavy atom. The maximum Gasteiger partial charge on any atom is 0.303 e. The summed E-state index contributed by atoms with van der Waals surface area (Å²) in [5, 5.41) is 60.6. The van der Waals surface area contributed by atoms with E-state index in [-0.39, 0.29) is 6.42 Å². The van der Waals surface area contributed by atoms with Crippen LogP contribution in [0, 0.1) is 5.92 Å². The fourth-order valence-electron chi connectivity index (χ4n) is 4.25. The van der Waals surface area contributed by atoms with E-state index in [1.807, 2.05) is 0 Å². The van der Waals surface area contributed by atoms with Crippen molar-refractivity contribution in [1.29, 1.82) is 0 Å². The molecule has 3 rings (SSSR count). The summed E-state index contributed by atoms with van der Waals surface area (Å²) in [4.78, 5) is 11.6. The predicted octanol–water partition coefficient (Wildman–Crippen LogP) is -2.89. The van der Waals surface area contributed by atoms with Crippen LogP contribution in [0.3, 0.4) is 0 Å². The molecule has 2 fully saturated rings. The molecule has 0 bridgehead atoms. The highest BCUT2D eigenvalue weighted by Crippen LogP contribution is 2.51. The largest absolute Gasteiger partial charge is 0.472 e. The highest BCUT2D eigenvalue weighted by atomic mass is 16.8. The van der Waals surface area contributed by atoms with Gasteiger partial charge in [0, 0.05) is 13.3 Å². The van der Waals surface area contributed by atoms with Gasteiger partial charge >= 0.3 is 5.97 Å². The monoisotopic (exact) mass is 406 g/mol. The van der Waals surface area contributed by atoms with E-state index in [0.29, 0.717) is 0 Å². The molecule has 0 spiro atoms. The third kappa shape index (κ3) is 3.42. The summed E-state index contributed by atoms with van der Waals surface area (Å²) in [7, 11) is 0. The molecule has 160 valence electrons. The zero-order valence-corrected chi connectivity index (χ0v) is 15.4. The van der Waals surface area contributed by atoms with Gasteiger partial charge in [-0.25, -0.2) is 0 Å². The number of aliphatic hydroxyl groups is 6. The van der Waals surface area contributed by atoms with Crippen molar-refractivity contribution in [1.82, 2.24) is 0 Å². The van der Waals surface area contributed by atoms with Gasteiger partial charge in [0.2, 0.25) is 6.29 Å². The Morgan fingerprint density at radius 2 is 1.86 bits per heavy atom. The Kier molecular flexibility index (Phi) is 5.73. The first-order valence-electron chi connectivity index (χ1n) is 8.92. The Hall–Kier alpha value is -1.31. The van der Waals surface area contributed by atoms with Gasteiger partial charge in [0.25, 0.3) is 0 Å². The summed E-state index contributed by atoms with van der Waals surface area (Å²) in [6.45, 7) is 2.04. The van der Waals surface area contributed by atoms with Crippen LogP contribution in [0.1, 0.15) is 20.3 Å². The quantitative estimate of drug-likeness (QED) is 0.264. The summed E-state index contributed by atoms with van der Waals surface area (Å²) in [6, 6.07) is 0. The van der Waals surface area contributed by atoms with E-state index >= 15 is 0 Å². The van der Waals surface area contributed by atoms with Gasteiger partial charge < -0.3 is 49.6 Å². The van der Waals surface area contributed by atoms with Crippen molar-refractivity contribution in [2.45, 2.75) is 74.6 Å². The third-order valence-electron chi connectivity index (χ3n) is 5.60. The Labute approximate surface area is 160 Å². The fraction of sp³-hybridized carbons (Fsp3) is 0.824. The molecule has 6 N–H and O–H groups in total. The van der Waals surface area contributed by atoms with Crippen molar-refractivity contribution in [3.05, 3.63) is 12.3 Å². The molecule has 0 amide bonds. The maximum absolute atomic E-state index is 11.6. The maximum atomic E-state index is 11.6. The SMILES string of the molecule is CC(=O)O[C@]1(C)C[C@H](O)[C@@]2(O)C=CO[C@@H](O[C@H]3O[C@@H](CO)[C@H](O)[C@@H](O)[C@@H]3O)[C@@H]21. The van der Waals surface area contributed by atoms with Crippen LogP contribution in [0.5, 0.6) is 0 Å². The Bertz CT molecular complexity index is 624. The standard InChI is InChI=1S/C17H26O11/c1-7(19)28-16(2)5-9(20)17(24)3-4-25-15(13(16)17)27-14-12(23)11(22)10(21)8(6-18)26-14/h3-4,8-15,18,20-24H,5-6H2,1-2H3/t8-,9-,10-,11+,12-,13+,14+,15-,16+,17-/m0/s1. The van der Waals surface area contributed by atoms with Crippen molar-refractivity contribution in [2.24, 2.45) is 5.92 Å². The highest BCUT2D eigenvalue weighted by molar-refractivity contribution is 5.66. The number of carbonyl (C=O) groups excluding carboxylic acids is 1. The van der Waals surface area contributed by atoms with Gasteiger partial charge in [-0.3, -0.25) is 4.79 Å². The minimum atomic E-state index is -1.85. The van der Waals surface area contributed by atoms with Gasteiger partial charge in [0.05, 0.1) is 24.9 Å².